The van der Waals surface area contributed by atoms with E-state index in [9.17, 15) is 39.5 Å². The molecule has 0 saturated carbocycles. The first-order chi connectivity index (χ1) is 14.7. The summed E-state index contributed by atoms with van der Waals surface area (Å²) >= 11 is 0. The minimum absolute atomic E-state index is 0.0497. The van der Waals surface area contributed by atoms with Crippen LogP contribution in [0.5, 0.6) is 0 Å². The number of nitrogens with one attached hydrogen (secondary N) is 1. The Morgan fingerprint density at radius 3 is 2.31 bits per heavy atom. The molecule has 1 aliphatic heterocycles. The van der Waals surface area contributed by atoms with Gasteiger partial charge in [-0.3, -0.25) is 4.68 Å². The predicted molar refractivity (Wildman–Crippen MR) is 93.7 cm³/mol. The quantitative estimate of drug-likeness (QED) is 0.575. The van der Waals surface area contributed by atoms with Crippen molar-refractivity contribution in [2.75, 3.05) is 23.4 Å². The number of halogens is 9. The lowest BCUT2D eigenvalue weighted by Gasteiger charge is -2.21. The number of hydrogen-bond acceptors (Lipinski definition) is 5. The fourth-order valence-corrected chi connectivity index (χ4v) is 3.21. The zero-order valence-corrected chi connectivity index (χ0v) is 16.4. The lowest BCUT2D eigenvalue weighted by molar-refractivity contribution is -0.292. The van der Waals surface area contributed by atoms with Crippen LogP contribution in [0.25, 0.3) is 0 Å². The maximum atomic E-state index is 14.7. The van der Waals surface area contributed by atoms with Crippen molar-refractivity contribution in [2.45, 2.75) is 31.2 Å². The topological polar surface area (TPSA) is 57.8 Å². The highest BCUT2D eigenvalue weighted by Gasteiger charge is 2.64. The van der Waals surface area contributed by atoms with Crippen LogP contribution < -0.4 is 10.3 Å². The van der Waals surface area contributed by atoms with Gasteiger partial charge >= 0.3 is 18.3 Å². The zero-order valence-electron chi connectivity index (χ0n) is 16.4. The van der Waals surface area contributed by atoms with Crippen molar-refractivity contribution in [2.24, 2.45) is 17.4 Å². The Morgan fingerprint density at radius 2 is 1.75 bits per heavy atom. The summed E-state index contributed by atoms with van der Waals surface area (Å²) in [4.78, 5) is 0. The lowest BCUT2D eigenvalue weighted by atomic mass is 10.1. The van der Waals surface area contributed by atoms with Crippen molar-refractivity contribution in [1.29, 1.82) is 0 Å². The average molecular weight is 474 g/mol. The highest BCUT2D eigenvalue weighted by atomic mass is 19.4. The Bertz CT molecular complexity index is 1020. The van der Waals surface area contributed by atoms with Crippen molar-refractivity contribution >= 4 is 11.5 Å². The van der Waals surface area contributed by atoms with E-state index in [1.807, 2.05) is 0 Å². The summed E-state index contributed by atoms with van der Waals surface area (Å²) in [7, 11) is 0.760. The van der Waals surface area contributed by atoms with Gasteiger partial charge in [0.15, 0.2) is 17.3 Å². The third-order valence-electron chi connectivity index (χ3n) is 4.60. The molecule has 15 heteroatoms. The molecule has 1 N–H and O–H groups in total. The maximum absolute atomic E-state index is 14.7. The van der Waals surface area contributed by atoms with Crippen LogP contribution in [0.2, 0.25) is 0 Å². The van der Waals surface area contributed by atoms with Gasteiger partial charge in [-0.15, -0.1) is 0 Å². The first kappa shape index (κ1) is 23.7. The van der Waals surface area contributed by atoms with Crippen LogP contribution in [0.15, 0.2) is 28.5 Å². The fraction of sp³-hybridized carbons (Fsp3) is 0.471. The minimum atomic E-state index is -6.32. The molecule has 2 heterocycles. The molecule has 0 saturated heterocycles. The molecular formula is C17H15F9N6. The Labute approximate surface area is 174 Å². The molecule has 0 amide bonds. The van der Waals surface area contributed by atoms with Crippen LogP contribution in [0.4, 0.5) is 51.0 Å². The predicted octanol–water partition coefficient (Wildman–Crippen LogP) is 5.59. The second-order valence-corrected chi connectivity index (χ2v) is 6.78. The number of alkyl halides is 8. The third kappa shape index (κ3) is 3.95. The van der Waals surface area contributed by atoms with Gasteiger partial charge in [0.25, 0.3) is 0 Å². The molecule has 1 aliphatic rings. The Hall–Kier alpha value is -3.00. The normalized spacial score (nSPS) is 17.3. The van der Waals surface area contributed by atoms with Gasteiger partial charge in [0, 0.05) is 19.2 Å². The van der Waals surface area contributed by atoms with Crippen LogP contribution in [0, 0.1) is 5.82 Å². The number of benzene rings is 1. The summed E-state index contributed by atoms with van der Waals surface area (Å²) in [6, 6.07) is 3.04. The van der Waals surface area contributed by atoms with Crippen molar-refractivity contribution in [3.63, 3.8) is 0 Å². The first-order valence-corrected chi connectivity index (χ1v) is 8.99. The summed E-state index contributed by atoms with van der Waals surface area (Å²) in [5.74, 6) is -7.80. The molecule has 2 aromatic rings. The molecule has 3 rings (SSSR count). The maximum Gasteiger partial charge on any atom is 0.459 e. The highest BCUT2D eigenvalue weighted by Crippen LogP contribution is 2.51. The van der Waals surface area contributed by atoms with E-state index in [0.717, 1.165) is 7.05 Å². The molecule has 1 aromatic heterocycles. The van der Waals surface area contributed by atoms with E-state index in [-0.39, 0.29) is 15.9 Å². The molecule has 1 atom stereocenters. The van der Waals surface area contributed by atoms with Gasteiger partial charge in [-0.25, -0.2) is 9.40 Å². The van der Waals surface area contributed by atoms with E-state index in [1.165, 1.54) is 18.2 Å². The summed E-state index contributed by atoms with van der Waals surface area (Å²) in [5, 5.41) is 13.2. The summed E-state index contributed by atoms with van der Waals surface area (Å²) in [6.07, 6.45) is -11.9. The number of hydrogen-bond donors (Lipinski definition) is 1. The molecular weight excluding hydrogens is 459 g/mol. The number of nitrogens with zero attached hydrogens (tertiary/aromatic N) is 5. The summed E-state index contributed by atoms with van der Waals surface area (Å²) < 4.78 is 122. The van der Waals surface area contributed by atoms with Crippen molar-refractivity contribution < 1.29 is 39.5 Å². The van der Waals surface area contributed by atoms with Crippen LogP contribution in [-0.4, -0.2) is 29.0 Å². The van der Waals surface area contributed by atoms with Crippen molar-refractivity contribution in [1.82, 2.24) is 9.78 Å². The molecule has 32 heavy (non-hydrogen) atoms. The van der Waals surface area contributed by atoms with E-state index in [2.05, 4.69) is 20.8 Å². The van der Waals surface area contributed by atoms with E-state index < -0.39 is 53.8 Å². The van der Waals surface area contributed by atoms with E-state index >= 15 is 0 Å². The Balaban J connectivity index is 2.04. The zero-order chi connectivity index (χ0) is 24.1. The second kappa shape index (κ2) is 7.85. The molecule has 0 radical (unpaired) electrons. The van der Waals surface area contributed by atoms with Gasteiger partial charge in [-0.05, 0) is 13.0 Å². The largest absolute Gasteiger partial charge is 0.459 e. The van der Waals surface area contributed by atoms with E-state index in [1.54, 1.807) is 6.92 Å². The molecule has 1 aromatic carbocycles. The molecule has 6 nitrogen and oxygen atoms in total. The van der Waals surface area contributed by atoms with Gasteiger partial charge in [0.1, 0.15) is 11.6 Å². The van der Waals surface area contributed by atoms with Gasteiger partial charge in [0.2, 0.25) is 0 Å². The van der Waals surface area contributed by atoms with Crippen molar-refractivity contribution in [3.8, 4) is 0 Å². The number of aromatic nitrogens is 2. The molecule has 176 valence electrons. The highest BCUT2D eigenvalue weighted by molar-refractivity contribution is 5.54. The minimum Gasteiger partial charge on any atom is -0.383 e. The molecule has 1 unspecified atom stereocenters. The van der Waals surface area contributed by atoms with E-state index in [4.69, 9.17) is 0 Å². The monoisotopic (exact) mass is 474 g/mol. The Morgan fingerprint density at radius 1 is 1.09 bits per heavy atom. The van der Waals surface area contributed by atoms with Gasteiger partial charge in [-0.1, -0.05) is 17.4 Å². The number of anilines is 2. The lowest BCUT2D eigenvalue weighted by Crippen LogP contribution is -2.36. The van der Waals surface area contributed by atoms with Crippen LogP contribution >= 0.6 is 0 Å². The second-order valence-electron chi connectivity index (χ2n) is 6.78. The third-order valence-corrected chi connectivity index (χ3v) is 4.60. The summed E-state index contributed by atoms with van der Waals surface area (Å²) in [6.45, 7) is 1.53. The Kier molecular flexibility index (Phi) is 5.80. The average Bonchev–Trinajstić information content (AvgIpc) is 3.27. The van der Waals surface area contributed by atoms with Crippen LogP contribution in [0.3, 0.4) is 0 Å². The standard InChI is InChI=1S/C17H15F9N6/c1-3-27-9-6-4-5-8(12(9)18)10-7-32(30-28-10)14-11(16(21,22)23)13(29-31(14)2)15(19,20)17(24,25)26/h4-6,10,27H,3,7H2,1-2H3. The SMILES string of the molecule is CCNc1cccc(C2CN(c3c(C(F)(F)F)c(C(F)(F)C(F)(F)F)nn3C)N=N2)c1F. The smallest absolute Gasteiger partial charge is 0.383 e. The molecule has 0 aliphatic carbocycles. The van der Waals surface area contributed by atoms with Crippen LogP contribution in [-0.2, 0) is 19.1 Å². The number of aryl methyl sites for hydroxylation is 1. The van der Waals surface area contributed by atoms with Gasteiger partial charge < -0.3 is 5.32 Å². The van der Waals surface area contributed by atoms with Gasteiger partial charge in [-0.2, -0.15) is 45.3 Å². The summed E-state index contributed by atoms with van der Waals surface area (Å²) in [5.41, 5.74) is -4.76. The fourth-order valence-electron chi connectivity index (χ4n) is 3.21. The molecule has 0 bridgehead atoms. The van der Waals surface area contributed by atoms with Crippen LogP contribution in [0.1, 0.15) is 29.8 Å². The number of rotatable bonds is 5. The van der Waals surface area contributed by atoms with E-state index in [0.29, 0.717) is 11.6 Å². The first-order valence-electron chi connectivity index (χ1n) is 8.99. The van der Waals surface area contributed by atoms with Gasteiger partial charge in [0.05, 0.1) is 12.2 Å². The van der Waals surface area contributed by atoms with Crippen molar-refractivity contribution in [3.05, 3.63) is 40.8 Å². The molecule has 0 fully saturated rings. The molecule has 0 spiro atoms.